The van der Waals surface area contributed by atoms with Crippen molar-refractivity contribution in [3.8, 4) is 0 Å². The highest BCUT2D eigenvalue weighted by molar-refractivity contribution is 5.39. The summed E-state index contributed by atoms with van der Waals surface area (Å²) in [6.45, 7) is 7.00. The lowest BCUT2D eigenvalue weighted by Gasteiger charge is -2.26. The Bertz CT molecular complexity index is 355. The SMILES string of the molecule is CC(C)(C)c1cccc2c1CCCCCC2. The third kappa shape index (κ3) is 2.48. The molecule has 88 valence electrons. The van der Waals surface area contributed by atoms with Gasteiger partial charge in [0.05, 0.1) is 0 Å². The summed E-state index contributed by atoms with van der Waals surface area (Å²) < 4.78 is 0. The van der Waals surface area contributed by atoms with E-state index >= 15 is 0 Å². The molecule has 0 spiro atoms. The van der Waals surface area contributed by atoms with Crippen LogP contribution in [0.3, 0.4) is 0 Å². The summed E-state index contributed by atoms with van der Waals surface area (Å²) in [5, 5.41) is 0. The van der Waals surface area contributed by atoms with Crippen LogP contribution in [-0.2, 0) is 18.3 Å². The van der Waals surface area contributed by atoms with E-state index in [1.54, 1.807) is 16.7 Å². The molecule has 0 unspecified atom stereocenters. The maximum atomic E-state index is 2.34. The Kier molecular flexibility index (Phi) is 3.37. The minimum absolute atomic E-state index is 0.296. The van der Waals surface area contributed by atoms with Crippen LogP contribution in [0.1, 0.15) is 63.1 Å². The van der Waals surface area contributed by atoms with Crippen LogP contribution in [0.2, 0.25) is 0 Å². The first-order valence-electron chi connectivity index (χ1n) is 6.70. The number of fused-ring (bicyclic) bond motifs is 1. The van der Waals surface area contributed by atoms with Gasteiger partial charge in [-0.2, -0.15) is 0 Å². The first kappa shape index (κ1) is 11.7. The Morgan fingerprint density at radius 2 is 1.56 bits per heavy atom. The summed E-state index contributed by atoms with van der Waals surface area (Å²) in [6, 6.07) is 6.93. The van der Waals surface area contributed by atoms with Gasteiger partial charge >= 0.3 is 0 Å². The van der Waals surface area contributed by atoms with E-state index in [4.69, 9.17) is 0 Å². The second-order valence-electron chi connectivity index (χ2n) is 6.11. The highest BCUT2D eigenvalue weighted by Crippen LogP contribution is 2.31. The van der Waals surface area contributed by atoms with Crippen molar-refractivity contribution in [3.63, 3.8) is 0 Å². The van der Waals surface area contributed by atoms with Gasteiger partial charge in [-0.15, -0.1) is 0 Å². The molecule has 0 N–H and O–H groups in total. The molecule has 2 rings (SSSR count). The number of aryl methyl sites for hydroxylation is 1. The first-order valence-corrected chi connectivity index (χ1v) is 6.70. The Labute approximate surface area is 100 Å². The van der Waals surface area contributed by atoms with Gasteiger partial charge in [0, 0.05) is 0 Å². The van der Waals surface area contributed by atoms with Gasteiger partial charge in [-0.05, 0) is 47.8 Å². The summed E-state index contributed by atoms with van der Waals surface area (Å²) >= 11 is 0. The van der Waals surface area contributed by atoms with Crippen molar-refractivity contribution >= 4 is 0 Å². The largest absolute Gasteiger partial charge is 0.0617 e. The summed E-state index contributed by atoms with van der Waals surface area (Å²) in [6.07, 6.45) is 8.17. The van der Waals surface area contributed by atoms with E-state index < -0.39 is 0 Å². The molecule has 0 heterocycles. The van der Waals surface area contributed by atoms with Crippen LogP contribution in [-0.4, -0.2) is 0 Å². The number of benzene rings is 1. The van der Waals surface area contributed by atoms with Gasteiger partial charge in [-0.3, -0.25) is 0 Å². The summed E-state index contributed by atoms with van der Waals surface area (Å²) in [5.74, 6) is 0. The molecule has 1 aliphatic carbocycles. The predicted molar refractivity (Wildman–Crippen MR) is 71.0 cm³/mol. The molecule has 0 aromatic heterocycles. The van der Waals surface area contributed by atoms with Crippen molar-refractivity contribution in [2.24, 2.45) is 0 Å². The predicted octanol–water partition coefficient (Wildman–Crippen LogP) is 4.64. The maximum Gasteiger partial charge on any atom is -0.0129 e. The van der Waals surface area contributed by atoms with Crippen LogP contribution in [0.15, 0.2) is 18.2 Å². The molecule has 0 heteroatoms. The standard InChI is InChI=1S/C16H24/c1-16(2,3)15-12-8-10-13-9-6-4-5-7-11-14(13)15/h8,10,12H,4-7,9,11H2,1-3H3. The fourth-order valence-electron chi connectivity index (χ4n) is 2.84. The molecule has 0 fully saturated rings. The van der Waals surface area contributed by atoms with E-state index in [0.717, 1.165) is 0 Å². The van der Waals surface area contributed by atoms with Crippen molar-refractivity contribution in [1.82, 2.24) is 0 Å². The zero-order chi connectivity index (χ0) is 11.6. The molecule has 0 amide bonds. The molecule has 0 saturated heterocycles. The smallest absolute Gasteiger partial charge is 0.0129 e. The lowest BCUT2D eigenvalue weighted by molar-refractivity contribution is 0.563. The third-order valence-electron chi connectivity index (χ3n) is 3.70. The van der Waals surface area contributed by atoms with Gasteiger partial charge in [-0.1, -0.05) is 51.8 Å². The average molecular weight is 216 g/mol. The zero-order valence-corrected chi connectivity index (χ0v) is 11.0. The van der Waals surface area contributed by atoms with Crippen molar-refractivity contribution in [3.05, 3.63) is 34.9 Å². The zero-order valence-electron chi connectivity index (χ0n) is 11.0. The molecule has 1 aromatic rings. The molecule has 0 aliphatic heterocycles. The monoisotopic (exact) mass is 216 g/mol. The van der Waals surface area contributed by atoms with Crippen LogP contribution < -0.4 is 0 Å². The van der Waals surface area contributed by atoms with Crippen LogP contribution in [0.25, 0.3) is 0 Å². The number of rotatable bonds is 0. The van der Waals surface area contributed by atoms with E-state index in [9.17, 15) is 0 Å². The molecule has 0 saturated carbocycles. The lowest BCUT2D eigenvalue weighted by atomic mass is 9.79. The molecular weight excluding hydrogens is 192 g/mol. The molecule has 0 nitrogen and oxygen atoms in total. The minimum Gasteiger partial charge on any atom is -0.0617 e. The maximum absolute atomic E-state index is 2.34. The van der Waals surface area contributed by atoms with Gasteiger partial charge in [0.2, 0.25) is 0 Å². The summed E-state index contributed by atoms with van der Waals surface area (Å²) in [7, 11) is 0. The van der Waals surface area contributed by atoms with Crippen molar-refractivity contribution in [1.29, 1.82) is 0 Å². The van der Waals surface area contributed by atoms with Crippen molar-refractivity contribution in [2.75, 3.05) is 0 Å². The fourth-order valence-corrected chi connectivity index (χ4v) is 2.84. The lowest BCUT2D eigenvalue weighted by Crippen LogP contribution is -2.16. The van der Waals surface area contributed by atoms with Crippen molar-refractivity contribution < 1.29 is 0 Å². The van der Waals surface area contributed by atoms with Crippen LogP contribution in [0, 0.1) is 0 Å². The Morgan fingerprint density at radius 3 is 2.25 bits per heavy atom. The summed E-state index contributed by atoms with van der Waals surface area (Å²) in [4.78, 5) is 0. The van der Waals surface area contributed by atoms with Crippen LogP contribution >= 0.6 is 0 Å². The van der Waals surface area contributed by atoms with E-state index in [1.807, 2.05) is 0 Å². The number of hydrogen-bond acceptors (Lipinski definition) is 0. The van der Waals surface area contributed by atoms with Gasteiger partial charge in [0.15, 0.2) is 0 Å². The van der Waals surface area contributed by atoms with Gasteiger partial charge in [0.25, 0.3) is 0 Å². The molecular formula is C16H24. The molecule has 1 aromatic carbocycles. The number of hydrogen-bond donors (Lipinski definition) is 0. The Hall–Kier alpha value is -0.780. The molecule has 0 bridgehead atoms. The first-order chi connectivity index (χ1) is 7.59. The normalized spacial score (nSPS) is 17.4. The Balaban J connectivity index is 2.43. The molecule has 1 aliphatic rings. The van der Waals surface area contributed by atoms with Gasteiger partial charge in [0.1, 0.15) is 0 Å². The average Bonchev–Trinajstić information content (AvgIpc) is 2.16. The van der Waals surface area contributed by atoms with E-state index in [0.29, 0.717) is 5.41 Å². The van der Waals surface area contributed by atoms with Gasteiger partial charge < -0.3 is 0 Å². The molecule has 16 heavy (non-hydrogen) atoms. The highest BCUT2D eigenvalue weighted by atomic mass is 14.2. The van der Waals surface area contributed by atoms with Crippen LogP contribution in [0.4, 0.5) is 0 Å². The second kappa shape index (κ2) is 4.61. The van der Waals surface area contributed by atoms with Gasteiger partial charge in [-0.25, -0.2) is 0 Å². The molecule has 0 radical (unpaired) electrons. The van der Waals surface area contributed by atoms with Crippen LogP contribution in [0.5, 0.6) is 0 Å². The van der Waals surface area contributed by atoms with E-state index in [-0.39, 0.29) is 0 Å². The highest BCUT2D eigenvalue weighted by Gasteiger charge is 2.20. The third-order valence-corrected chi connectivity index (χ3v) is 3.70. The van der Waals surface area contributed by atoms with Crippen molar-refractivity contribution in [2.45, 2.75) is 64.7 Å². The minimum atomic E-state index is 0.296. The second-order valence-corrected chi connectivity index (χ2v) is 6.11. The Morgan fingerprint density at radius 1 is 0.875 bits per heavy atom. The van der Waals surface area contributed by atoms with E-state index in [1.165, 1.54) is 38.5 Å². The van der Waals surface area contributed by atoms with E-state index in [2.05, 4.69) is 39.0 Å². The fraction of sp³-hybridized carbons (Fsp3) is 0.625. The summed E-state index contributed by atoms with van der Waals surface area (Å²) in [5.41, 5.74) is 5.15. The quantitative estimate of drug-likeness (QED) is 0.592. The molecule has 0 atom stereocenters. The topological polar surface area (TPSA) is 0 Å².